The highest BCUT2D eigenvalue weighted by Gasteiger charge is 2.07. The summed E-state index contributed by atoms with van der Waals surface area (Å²) < 4.78 is 1.95. The zero-order valence-electron chi connectivity index (χ0n) is 17.2. The molecule has 4 aromatic rings. The van der Waals surface area contributed by atoms with Crippen LogP contribution >= 0.6 is 11.3 Å². The van der Waals surface area contributed by atoms with E-state index in [1.165, 1.54) is 11.1 Å². The summed E-state index contributed by atoms with van der Waals surface area (Å²) in [4.78, 5) is 9.42. The van der Waals surface area contributed by atoms with E-state index in [1.54, 1.807) is 11.3 Å². The van der Waals surface area contributed by atoms with E-state index in [0.717, 1.165) is 47.6 Å². The van der Waals surface area contributed by atoms with Crippen molar-refractivity contribution < 1.29 is 0 Å². The van der Waals surface area contributed by atoms with Crippen LogP contribution in [0.1, 0.15) is 24.0 Å². The average Bonchev–Trinajstić information content (AvgIpc) is 3.40. The molecule has 4 rings (SSSR count). The van der Waals surface area contributed by atoms with Gasteiger partial charge in [0, 0.05) is 36.7 Å². The zero-order chi connectivity index (χ0) is 20.8. The number of fused-ring (bicyclic) bond motifs is 1. The summed E-state index contributed by atoms with van der Waals surface area (Å²) in [6.45, 7) is 6.15. The Labute approximate surface area is 179 Å². The van der Waals surface area contributed by atoms with Gasteiger partial charge in [0.05, 0.1) is 5.69 Å². The van der Waals surface area contributed by atoms with Crippen molar-refractivity contribution in [1.82, 2.24) is 30.2 Å². The molecule has 8 heteroatoms. The van der Waals surface area contributed by atoms with E-state index in [9.17, 15) is 0 Å². The fraction of sp³-hybridized carbons (Fsp3) is 0.273. The molecule has 0 bridgehead atoms. The first-order valence-corrected chi connectivity index (χ1v) is 10.9. The number of thiazole rings is 1. The average molecular weight is 420 g/mol. The van der Waals surface area contributed by atoms with Crippen LogP contribution in [0.15, 0.2) is 59.0 Å². The molecule has 7 nitrogen and oxygen atoms in total. The number of benzene rings is 1. The van der Waals surface area contributed by atoms with E-state index in [-0.39, 0.29) is 0 Å². The second-order valence-corrected chi connectivity index (χ2v) is 7.79. The van der Waals surface area contributed by atoms with Gasteiger partial charge in [-0.25, -0.2) is 9.98 Å². The summed E-state index contributed by atoms with van der Waals surface area (Å²) in [6, 6.07) is 14.3. The number of rotatable bonds is 7. The maximum atomic E-state index is 4.77. The lowest BCUT2D eigenvalue weighted by Gasteiger charge is -2.10. The van der Waals surface area contributed by atoms with Gasteiger partial charge in [0.1, 0.15) is 11.6 Å². The van der Waals surface area contributed by atoms with Gasteiger partial charge < -0.3 is 10.6 Å². The number of aliphatic imine (C=N–C) groups is 1. The van der Waals surface area contributed by atoms with Gasteiger partial charge in [-0.1, -0.05) is 35.9 Å². The highest BCUT2D eigenvalue weighted by atomic mass is 32.1. The molecule has 0 fully saturated rings. The van der Waals surface area contributed by atoms with Crippen LogP contribution < -0.4 is 10.6 Å². The molecular weight excluding hydrogens is 394 g/mol. The van der Waals surface area contributed by atoms with Crippen molar-refractivity contribution in [3.63, 3.8) is 0 Å². The van der Waals surface area contributed by atoms with Crippen molar-refractivity contribution in [3.8, 4) is 10.6 Å². The minimum absolute atomic E-state index is 0.453. The number of aromatic nitrogens is 4. The first-order valence-electron chi connectivity index (χ1n) is 10.0. The summed E-state index contributed by atoms with van der Waals surface area (Å²) in [5.74, 6) is 1.57. The van der Waals surface area contributed by atoms with Gasteiger partial charge >= 0.3 is 0 Å². The summed E-state index contributed by atoms with van der Waals surface area (Å²) >= 11 is 1.68. The number of nitrogens with one attached hydrogen (secondary N) is 2. The lowest BCUT2D eigenvalue weighted by Crippen LogP contribution is -2.38. The SMILES string of the molecule is CCNC(=NCc1nnc2ccccn12)NCCc1csc(-c2ccc(C)cc2)n1. The van der Waals surface area contributed by atoms with E-state index in [0.29, 0.717) is 6.54 Å². The third kappa shape index (κ3) is 4.83. The summed E-state index contributed by atoms with van der Waals surface area (Å²) in [7, 11) is 0. The number of pyridine rings is 1. The van der Waals surface area contributed by atoms with Crippen molar-refractivity contribution in [3.05, 3.63) is 71.1 Å². The minimum atomic E-state index is 0.453. The van der Waals surface area contributed by atoms with Gasteiger partial charge in [-0.2, -0.15) is 0 Å². The molecule has 3 heterocycles. The summed E-state index contributed by atoms with van der Waals surface area (Å²) in [6.07, 6.45) is 2.79. The molecule has 0 aliphatic heterocycles. The number of guanidine groups is 1. The molecule has 0 spiro atoms. The summed E-state index contributed by atoms with van der Waals surface area (Å²) in [5.41, 5.74) is 4.34. The Balaban J connectivity index is 1.35. The Morgan fingerprint density at radius 2 is 1.97 bits per heavy atom. The third-order valence-electron chi connectivity index (χ3n) is 4.63. The molecule has 2 N–H and O–H groups in total. The van der Waals surface area contributed by atoms with Crippen molar-refractivity contribution >= 4 is 22.9 Å². The predicted molar refractivity (Wildman–Crippen MR) is 122 cm³/mol. The maximum absolute atomic E-state index is 4.77. The van der Waals surface area contributed by atoms with E-state index >= 15 is 0 Å². The van der Waals surface area contributed by atoms with Crippen LogP contribution in [0.3, 0.4) is 0 Å². The lowest BCUT2D eigenvalue weighted by molar-refractivity contribution is 0.781. The van der Waals surface area contributed by atoms with Crippen LogP contribution in [0.2, 0.25) is 0 Å². The van der Waals surface area contributed by atoms with Crippen LogP contribution in [0.5, 0.6) is 0 Å². The standard InChI is InChI=1S/C22H25N7S/c1-3-23-22(25-14-20-28-27-19-6-4-5-13-29(19)20)24-12-11-18-15-30-21(26-18)17-9-7-16(2)8-10-17/h4-10,13,15H,3,11-12,14H2,1-2H3,(H2,23,24,25). The Morgan fingerprint density at radius 3 is 2.80 bits per heavy atom. The molecule has 154 valence electrons. The fourth-order valence-electron chi connectivity index (χ4n) is 3.05. The molecule has 0 aliphatic rings. The number of aryl methyl sites for hydroxylation is 1. The Morgan fingerprint density at radius 1 is 1.10 bits per heavy atom. The normalized spacial score (nSPS) is 11.7. The van der Waals surface area contributed by atoms with Crippen LogP contribution in [0.25, 0.3) is 16.2 Å². The number of nitrogens with zero attached hydrogens (tertiary/aromatic N) is 5. The first-order chi connectivity index (χ1) is 14.7. The number of hydrogen-bond acceptors (Lipinski definition) is 5. The maximum Gasteiger partial charge on any atom is 0.191 e. The van der Waals surface area contributed by atoms with E-state index in [2.05, 4.69) is 69.3 Å². The largest absolute Gasteiger partial charge is 0.357 e. The number of hydrogen-bond donors (Lipinski definition) is 2. The first kappa shape index (κ1) is 20.0. The van der Waals surface area contributed by atoms with Gasteiger partial charge in [-0.15, -0.1) is 21.5 Å². The Kier molecular flexibility index (Phi) is 6.34. The van der Waals surface area contributed by atoms with Gasteiger partial charge in [0.15, 0.2) is 17.4 Å². The Hall–Kier alpha value is -3.26. The molecule has 0 aliphatic carbocycles. The summed E-state index contributed by atoms with van der Waals surface area (Å²) in [5, 5.41) is 18.3. The topological polar surface area (TPSA) is 79.5 Å². The lowest BCUT2D eigenvalue weighted by atomic mass is 10.2. The van der Waals surface area contributed by atoms with Gasteiger partial charge in [-0.05, 0) is 26.0 Å². The van der Waals surface area contributed by atoms with E-state index < -0.39 is 0 Å². The minimum Gasteiger partial charge on any atom is -0.357 e. The smallest absolute Gasteiger partial charge is 0.191 e. The zero-order valence-corrected chi connectivity index (χ0v) is 18.0. The second-order valence-electron chi connectivity index (χ2n) is 6.93. The molecule has 1 aromatic carbocycles. The monoisotopic (exact) mass is 419 g/mol. The van der Waals surface area contributed by atoms with E-state index in [4.69, 9.17) is 4.98 Å². The van der Waals surface area contributed by atoms with Crippen LogP contribution in [-0.2, 0) is 13.0 Å². The van der Waals surface area contributed by atoms with Gasteiger partial charge in [0.25, 0.3) is 0 Å². The second kappa shape index (κ2) is 9.49. The molecule has 0 saturated carbocycles. The highest BCUT2D eigenvalue weighted by Crippen LogP contribution is 2.24. The van der Waals surface area contributed by atoms with Crippen molar-refractivity contribution in [1.29, 1.82) is 0 Å². The molecule has 0 atom stereocenters. The molecule has 0 unspecified atom stereocenters. The molecular formula is C22H25N7S. The van der Waals surface area contributed by atoms with Gasteiger partial charge in [0.2, 0.25) is 0 Å². The molecule has 0 saturated heterocycles. The van der Waals surface area contributed by atoms with Crippen molar-refractivity contribution in [2.45, 2.75) is 26.8 Å². The van der Waals surface area contributed by atoms with Crippen LogP contribution in [0, 0.1) is 6.92 Å². The van der Waals surface area contributed by atoms with Crippen molar-refractivity contribution in [2.24, 2.45) is 4.99 Å². The van der Waals surface area contributed by atoms with Crippen LogP contribution in [0.4, 0.5) is 0 Å². The van der Waals surface area contributed by atoms with Gasteiger partial charge in [-0.3, -0.25) is 4.40 Å². The highest BCUT2D eigenvalue weighted by molar-refractivity contribution is 7.13. The van der Waals surface area contributed by atoms with E-state index in [1.807, 2.05) is 28.8 Å². The Bertz CT molecular complexity index is 1130. The quantitative estimate of drug-likeness (QED) is 0.354. The third-order valence-corrected chi connectivity index (χ3v) is 5.57. The van der Waals surface area contributed by atoms with Crippen LogP contribution in [-0.4, -0.2) is 38.6 Å². The van der Waals surface area contributed by atoms with Crippen molar-refractivity contribution in [2.75, 3.05) is 13.1 Å². The molecule has 30 heavy (non-hydrogen) atoms. The predicted octanol–water partition coefficient (Wildman–Crippen LogP) is 3.46. The molecule has 0 amide bonds. The molecule has 3 aromatic heterocycles. The fourth-order valence-corrected chi connectivity index (χ4v) is 3.91. The molecule has 0 radical (unpaired) electrons.